The summed E-state index contributed by atoms with van der Waals surface area (Å²) in [4.78, 5) is 0. The highest BCUT2D eigenvalue weighted by Crippen LogP contribution is 2.26. The first-order valence-electron chi connectivity index (χ1n) is 3.88. The normalized spacial score (nSPS) is 43.2. The van der Waals surface area contributed by atoms with Gasteiger partial charge >= 0.3 is 0 Å². The summed E-state index contributed by atoms with van der Waals surface area (Å²) in [5, 5.41) is 0. The van der Waals surface area contributed by atoms with E-state index in [1.165, 1.54) is 6.42 Å². The van der Waals surface area contributed by atoms with E-state index in [1.54, 1.807) is 0 Å². The maximum absolute atomic E-state index is 2.35. The molecule has 0 bridgehead atoms. The zero-order valence-corrected chi connectivity index (χ0v) is 6.59. The molecule has 0 amide bonds. The minimum atomic E-state index is 0.807. The summed E-state index contributed by atoms with van der Waals surface area (Å²) in [5.41, 5.74) is 0. The van der Waals surface area contributed by atoms with Crippen LogP contribution < -0.4 is 0 Å². The van der Waals surface area contributed by atoms with E-state index in [1.807, 2.05) is 0 Å². The van der Waals surface area contributed by atoms with Crippen molar-refractivity contribution in [2.24, 2.45) is 17.8 Å². The van der Waals surface area contributed by atoms with Crippen LogP contribution in [0.2, 0.25) is 0 Å². The van der Waals surface area contributed by atoms with Crippen LogP contribution in [0.1, 0.15) is 27.2 Å². The van der Waals surface area contributed by atoms with Crippen molar-refractivity contribution in [1.82, 2.24) is 0 Å². The van der Waals surface area contributed by atoms with Crippen molar-refractivity contribution in [3.8, 4) is 0 Å². The van der Waals surface area contributed by atoms with Gasteiger partial charge in [0, 0.05) is 0 Å². The van der Waals surface area contributed by atoms with E-state index in [-0.39, 0.29) is 0 Å². The van der Waals surface area contributed by atoms with Crippen molar-refractivity contribution in [1.29, 1.82) is 0 Å². The molecule has 0 aromatic rings. The van der Waals surface area contributed by atoms with Crippen molar-refractivity contribution in [3.63, 3.8) is 0 Å². The molecule has 0 N–H and O–H groups in total. The molecule has 0 unspecified atom stereocenters. The average Bonchev–Trinajstić information content (AvgIpc) is 1.80. The molecule has 0 saturated heterocycles. The van der Waals surface area contributed by atoms with Gasteiger partial charge in [0.2, 0.25) is 0 Å². The third-order valence-corrected chi connectivity index (χ3v) is 2.38. The third-order valence-electron chi connectivity index (χ3n) is 2.38. The molecule has 3 atom stereocenters. The van der Waals surface area contributed by atoms with Crippen LogP contribution in [0.3, 0.4) is 0 Å². The van der Waals surface area contributed by atoms with E-state index in [9.17, 15) is 0 Å². The van der Waals surface area contributed by atoms with Crippen molar-refractivity contribution >= 4 is 0 Å². The monoisotopic (exact) mass is 124 g/mol. The molecule has 0 aromatic carbocycles. The van der Waals surface area contributed by atoms with Gasteiger partial charge in [-0.2, -0.15) is 0 Å². The van der Waals surface area contributed by atoms with Crippen LogP contribution >= 0.6 is 0 Å². The fourth-order valence-electron chi connectivity index (χ4n) is 1.43. The van der Waals surface area contributed by atoms with Gasteiger partial charge < -0.3 is 0 Å². The lowest BCUT2D eigenvalue weighted by Gasteiger charge is -2.24. The van der Waals surface area contributed by atoms with Gasteiger partial charge in [-0.25, -0.2) is 0 Å². The molecule has 0 heterocycles. The number of hydrogen-bond acceptors (Lipinski definition) is 0. The molecular formula is C9H16. The van der Waals surface area contributed by atoms with Crippen LogP contribution in [-0.4, -0.2) is 0 Å². The van der Waals surface area contributed by atoms with Crippen molar-refractivity contribution in [2.45, 2.75) is 27.2 Å². The second kappa shape index (κ2) is 2.55. The van der Waals surface area contributed by atoms with Gasteiger partial charge in [0.15, 0.2) is 0 Å². The molecule has 0 spiro atoms. The summed E-state index contributed by atoms with van der Waals surface area (Å²) in [6.07, 6.45) is 6.06. The first-order valence-corrected chi connectivity index (χ1v) is 3.88. The molecule has 9 heavy (non-hydrogen) atoms. The maximum Gasteiger partial charge on any atom is -0.0236 e. The largest absolute Gasteiger partial charge is 0.0854 e. The highest BCUT2D eigenvalue weighted by atomic mass is 14.2. The van der Waals surface area contributed by atoms with Crippen LogP contribution in [0.5, 0.6) is 0 Å². The Bertz CT molecular complexity index is 113. The van der Waals surface area contributed by atoms with Gasteiger partial charge in [0.05, 0.1) is 0 Å². The van der Waals surface area contributed by atoms with Gasteiger partial charge in [-0.15, -0.1) is 0 Å². The minimum absolute atomic E-state index is 0.807. The van der Waals surface area contributed by atoms with Gasteiger partial charge in [-0.3, -0.25) is 0 Å². The fourth-order valence-corrected chi connectivity index (χ4v) is 1.43. The molecule has 1 aliphatic rings. The predicted octanol–water partition coefficient (Wildman–Crippen LogP) is 2.85. The van der Waals surface area contributed by atoms with E-state index in [0.717, 1.165) is 17.8 Å². The Morgan fingerprint density at radius 1 is 1.11 bits per heavy atom. The Labute approximate surface area is 58.0 Å². The molecule has 1 aliphatic carbocycles. The number of rotatable bonds is 0. The summed E-state index contributed by atoms with van der Waals surface area (Å²) < 4.78 is 0. The fraction of sp³-hybridized carbons (Fsp3) is 0.778. The summed E-state index contributed by atoms with van der Waals surface area (Å²) >= 11 is 0. The first kappa shape index (κ1) is 6.85. The SMILES string of the molecule is C[C@@H]1C=C[C@H](C)[C@H](C)C1. The number of hydrogen-bond donors (Lipinski definition) is 0. The van der Waals surface area contributed by atoms with Crippen molar-refractivity contribution in [3.05, 3.63) is 12.2 Å². The molecule has 0 aliphatic heterocycles. The van der Waals surface area contributed by atoms with E-state index in [4.69, 9.17) is 0 Å². The third kappa shape index (κ3) is 1.57. The lowest BCUT2D eigenvalue weighted by Crippen LogP contribution is -2.13. The smallest absolute Gasteiger partial charge is 0.0236 e. The molecule has 0 radical (unpaired) electrons. The molecule has 1 rings (SSSR count). The molecule has 0 saturated carbocycles. The predicted molar refractivity (Wildman–Crippen MR) is 41.2 cm³/mol. The summed E-state index contributed by atoms with van der Waals surface area (Å²) in [6, 6.07) is 0. The molecule has 0 nitrogen and oxygen atoms in total. The molecule has 0 aromatic heterocycles. The number of allylic oxidation sites excluding steroid dienone is 2. The first-order chi connectivity index (χ1) is 4.20. The maximum atomic E-state index is 2.35. The van der Waals surface area contributed by atoms with Crippen LogP contribution in [0.15, 0.2) is 12.2 Å². The van der Waals surface area contributed by atoms with Crippen LogP contribution in [0.4, 0.5) is 0 Å². The highest BCUT2D eigenvalue weighted by molar-refractivity contribution is 4.97. The standard InChI is InChI=1S/C9H16/c1-7-4-5-8(2)9(3)6-7/h4-5,7-9H,6H2,1-3H3/t7-,8+,9-/m1/s1. The summed E-state index contributed by atoms with van der Waals surface area (Å²) in [6.45, 7) is 6.93. The topological polar surface area (TPSA) is 0 Å². The Morgan fingerprint density at radius 3 is 2.22 bits per heavy atom. The van der Waals surface area contributed by atoms with Gasteiger partial charge in [-0.05, 0) is 24.2 Å². The zero-order chi connectivity index (χ0) is 6.85. The second-order valence-electron chi connectivity index (χ2n) is 3.43. The minimum Gasteiger partial charge on any atom is -0.0854 e. The lowest BCUT2D eigenvalue weighted by atomic mass is 9.82. The van der Waals surface area contributed by atoms with Crippen LogP contribution in [0.25, 0.3) is 0 Å². The molecular weight excluding hydrogens is 108 g/mol. The van der Waals surface area contributed by atoms with Gasteiger partial charge in [-0.1, -0.05) is 32.9 Å². The molecule has 52 valence electrons. The second-order valence-corrected chi connectivity index (χ2v) is 3.43. The van der Waals surface area contributed by atoms with Crippen LogP contribution in [-0.2, 0) is 0 Å². The quantitative estimate of drug-likeness (QED) is 0.435. The lowest BCUT2D eigenvalue weighted by molar-refractivity contribution is 0.364. The van der Waals surface area contributed by atoms with E-state index < -0.39 is 0 Å². The molecule has 0 fully saturated rings. The van der Waals surface area contributed by atoms with Crippen LogP contribution in [0, 0.1) is 17.8 Å². The summed E-state index contributed by atoms with van der Waals surface area (Å²) in [5.74, 6) is 2.52. The van der Waals surface area contributed by atoms with E-state index in [0.29, 0.717) is 0 Å². The Kier molecular flexibility index (Phi) is 1.94. The van der Waals surface area contributed by atoms with Crippen molar-refractivity contribution < 1.29 is 0 Å². The molecule has 0 heteroatoms. The Hall–Kier alpha value is -0.260. The zero-order valence-electron chi connectivity index (χ0n) is 6.59. The Morgan fingerprint density at radius 2 is 1.78 bits per heavy atom. The Balaban J connectivity index is 2.54. The average molecular weight is 124 g/mol. The summed E-state index contributed by atoms with van der Waals surface area (Å²) in [7, 11) is 0. The highest BCUT2D eigenvalue weighted by Gasteiger charge is 2.15. The van der Waals surface area contributed by atoms with E-state index >= 15 is 0 Å². The van der Waals surface area contributed by atoms with E-state index in [2.05, 4.69) is 32.9 Å². The van der Waals surface area contributed by atoms with Gasteiger partial charge in [0.1, 0.15) is 0 Å². The van der Waals surface area contributed by atoms with Gasteiger partial charge in [0.25, 0.3) is 0 Å². The van der Waals surface area contributed by atoms with Crippen molar-refractivity contribution in [2.75, 3.05) is 0 Å².